The number of carboxylic acids is 1. The van der Waals surface area contributed by atoms with E-state index in [1.165, 1.54) is 23.4 Å². The van der Waals surface area contributed by atoms with Gasteiger partial charge in [0.05, 0.1) is 12.2 Å². The number of guanidine groups is 1. The van der Waals surface area contributed by atoms with Crippen molar-refractivity contribution >= 4 is 23.9 Å². The van der Waals surface area contributed by atoms with Crippen molar-refractivity contribution in [3.63, 3.8) is 0 Å². The van der Waals surface area contributed by atoms with Crippen molar-refractivity contribution in [3.8, 4) is 0 Å². The summed E-state index contributed by atoms with van der Waals surface area (Å²) in [5.74, 6) is -0.606. The summed E-state index contributed by atoms with van der Waals surface area (Å²) >= 11 is 0. The van der Waals surface area contributed by atoms with Gasteiger partial charge in [-0.15, -0.1) is 0 Å². The van der Waals surface area contributed by atoms with Crippen LogP contribution in [-0.2, 0) is 4.79 Å². The van der Waals surface area contributed by atoms with Crippen molar-refractivity contribution < 1.29 is 24.6 Å². The number of amides is 3. The van der Waals surface area contributed by atoms with Gasteiger partial charge in [0.15, 0.2) is 18.2 Å². The van der Waals surface area contributed by atoms with Gasteiger partial charge in [0.2, 0.25) is 0 Å². The fraction of sp³-hybridized carbons (Fsp3) is 0.500. The molecule has 0 spiro atoms. The molecule has 1 aromatic heterocycles. The SMILES string of the molecule is CN1C(=O)NC(=O)C2C1N=C(N1CCNCC1)N2CCO.O=C(O)c1cccnc1. The highest BCUT2D eigenvalue weighted by Gasteiger charge is 2.49. The number of hydrogen-bond acceptors (Lipinski definition) is 9. The number of likely N-dealkylation sites (N-methyl/N-ethyl adjacent to an activating group) is 1. The van der Waals surface area contributed by atoms with Crippen molar-refractivity contribution in [1.82, 2.24) is 30.3 Å². The fourth-order valence-corrected chi connectivity index (χ4v) is 3.48. The van der Waals surface area contributed by atoms with Gasteiger partial charge in [-0.3, -0.25) is 15.1 Å². The fourth-order valence-electron chi connectivity index (χ4n) is 3.48. The van der Waals surface area contributed by atoms with E-state index >= 15 is 0 Å². The second kappa shape index (κ2) is 9.50. The summed E-state index contributed by atoms with van der Waals surface area (Å²) in [6, 6.07) is 2.08. The normalized spacial score (nSPS) is 23.3. The summed E-state index contributed by atoms with van der Waals surface area (Å²) < 4.78 is 0. The number of aromatic nitrogens is 1. The third kappa shape index (κ3) is 4.49. The van der Waals surface area contributed by atoms with Crippen LogP contribution in [0.1, 0.15) is 10.4 Å². The number of nitrogens with zero attached hydrogens (tertiary/aromatic N) is 5. The lowest BCUT2D eigenvalue weighted by molar-refractivity contribution is -0.127. The molecule has 4 heterocycles. The zero-order valence-corrected chi connectivity index (χ0v) is 16.6. The molecule has 30 heavy (non-hydrogen) atoms. The smallest absolute Gasteiger partial charge is 0.337 e. The van der Waals surface area contributed by atoms with Crippen molar-refractivity contribution in [3.05, 3.63) is 30.1 Å². The summed E-state index contributed by atoms with van der Waals surface area (Å²) in [6.45, 7) is 3.53. The lowest BCUT2D eigenvalue weighted by Gasteiger charge is -2.38. The molecule has 4 N–H and O–H groups in total. The number of aliphatic hydroxyl groups excluding tert-OH is 1. The number of β-amino-alcohol motifs (C(OH)–C–C–N with tert-alkyl or cyclic N) is 1. The lowest BCUT2D eigenvalue weighted by atomic mass is 10.1. The van der Waals surface area contributed by atoms with Crippen LogP contribution in [0.2, 0.25) is 0 Å². The first-order valence-electron chi connectivity index (χ1n) is 9.56. The Morgan fingerprint density at radius 3 is 2.60 bits per heavy atom. The average Bonchev–Trinajstić information content (AvgIpc) is 3.14. The number of nitrogens with one attached hydrogen (secondary N) is 2. The molecule has 0 aliphatic carbocycles. The number of urea groups is 1. The quantitative estimate of drug-likeness (QED) is 0.445. The molecule has 12 nitrogen and oxygen atoms in total. The van der Waals surface area contributed by atoms with Crippen LogP contribution in [0.4, 0.5) is 4.79 Å². The number of aliphatic hydroxyl groups is 1. The monoisotopic (exact) mass is 419 g/mol. The summed E-state index contributed by atoms with van der Waals surface area (Å²) in [6.07, 6.45) is 2.32. The van der Waals surface area contributed by atoms with E-state index in [0.29, 0.717) is 12.5 Å². The molecular formula is C18H25N7O5. The van der Waals surface area contributed by atoms with Crippen LogP contribution in [0.5, 0.6) is 0 Å². The standard InChI is InChI=1S/C12H20N6O3.C6H5NO2/c1-16-9-8(10(20)15-12(16)21)18(6-7-19)11(14-9)17-4-2-13-3-5-17;8-6(9)5-2-1-3-7-4-5/h8-9,13,19H,2-7H2,1H3,(H,15,20,21);1-4H,(H,8,9). The third-order valence-corrected chi connectivity index (χ3v) is 4.99. The number of carbonyl (C=O) groups excluding carboxylic acids is 2. The molecular weight excluding hydrogens is 394 g/mol. The lowest BCUT2D eigenvalue weighted by Crippen LogP contribution is -2.64. The molecule has 3 aliphatic rings. The second-order valence-electron chi connectivity index (χ2n) is 6.89. The predicted molar refractivity (Wildman–Crippen MR) is 106 cm³/mol. The minimum atomic E-state index is -0.942. The first-order chi connectivity index (χ1) is 14.4. The van der Waals surface area contributed by atoms with E-state index in [9.17, 15) is 19.5 Å². The topological polar surface area (TPSA) is 151 Å². The van der Waals surface area contributed by atoms with Crippen molar-refractivity contribution in [2.24, 2.45) is 4.99 Å². The average molecular weight is 419 g/mol. The maximum absolute atomic E-state index is 12.2. The van der Waals surface area contributed by atoms with Crippen molar-refractivity contribution in [2.45, 2.75) is 12.2 Å². The van der Waals surface area contributed by atoms with E-state index in [0.717, 1.165) is 26.2 Å². The molecule has 1 aromatic rings. The predicted octanol–water partition coefficient (Wildman–Crippen LogP) is -1.79. The first-order valence-corrected chi connectivity index (χ1v) is 9.56. The number of carboxylic acid groups (broad SMARTS) is 1. The second-order valence-corrected chi connectivity index (χ2v) is 6.89. The number of carbonyl (C=O) groups is 3. The number of piperazine rings is 1. The Balaban J connectivity index is 0.000000239. The van der Waals surface area contributed by atoms with Gasteiger partial charge in [-0.2, -0.15) is 0 Å². The van der Waals surface area contributed by atoms with Crippen LogP contribution in [-0.4, -0.2) is 112 Å². The summed E-state index contributed by atoms with van der Waals surface area (Å²) in [5, 5.41) is 23.2. The third-order valence-electron chi connectivity index (χ3n) is 4.99. The number of aliphatic imine (C=N–C) groups is 1. The number of rotatable bonds is 3. The van der Waals surface area contributed by atoms with Crippen molar-refractivity contribution in [2.75, 3.05) is 46.4 Å². The van der Waals surface area contributed by atoms with E-state index < -0.39 is 24.2 Å². The molecule has 0 saturated carbocycles. The number of pyridine rings is 1. The molecule has 162 valence electrons. The maximum atomic E-state index is 12.2. The molecule has 3 aliphatic heterocycles. The zero-order chi connectivity index (χ0) is 21.7. The van der Waals surface area contributed by atoms with Gasteiger partial charge in [0.1, 0.15) is 0 Å². The first kappa shape index (κ1) is 21.5. The molecule has 2 atom stereocenters. The van der Waals surface area contributed by atoms with Crippen molar-refractivity contribution in [1.29, 1.82) is 0 Å². The minimum absolute atomic E-state index is 0.0702. The summed E-state index contributed by atoms with van der Waals surface area (Å²) in [7, 11) is 1.63. The highest BCUT2D eigenvalue weighted by Crippen LogP contribution is 2.25. The molecule has 0 aromatic carbocycles. The summed E-state index contributed by atoms with van der Waals surface area (Å²) in [5.41, 5.74) is 0.220. The van der Waals surface area contributed by atoms with E-state index in [1.54, 1.807) is 18.0 Å². The molecule has 3 amide bonds. The Bertz CT molecular complexity index is 812. The Labute approximate surface area is 173 Å². The number of hydrogen-bond donors (Lipinski definition) is 4. The van der Waals surface area contributed by atoms with Gasteiger partial charge in [0, 0.05) is 52.2 Å². The molecule has 0 radical (unpaired) electrons. The van der Waals surface area contributed by atoms with Crippen LogP contribution in [0.15, 0.2) is 29.5 Å². The Hall–Kier alpha value is -3.25. The van der Waals surface area contributed by atoms with Crippen LogP contribution in [0.25, 0.3) is 0 Å². The van der Waals surface area contributed by atoms with Gasteiger partial charge in [-0.1, -0.05) is 0 Å². The zero-order valence-electron chi connectivity index (χ0n) is 16.6. The molecule has 2 unspecified atom stereocenters. The maximum Gasteiger partial charge on any atom is 0.337 e. The number of aromatic carboxylic acids is 1. The molecule has 2 fully saturated rings. The molecule has 12 heteroatoms. The van der Waals surface area contributed by atoms with Gasteiger partial charge in [-0.25, -0.2) is 14.6 Å². The minimum Gasteiger partial charge on any atom is -0.478 e. The van der Waals surface area contributed by atoms with Gasteiger partial charge in [-0.05, 0) is 12.1 Å². The van der Waals surface area contributed by atoms with E-state index in [-0.39, 0.29) is 18.1 Å². The highest BCUT2D eigenvalue weighted by molar-refractivity contribution is 6.03. The highest BCUT2D eigenvalue weighted by atomic mass is 16.4. The van der Waals surface area contributed by atoms with Gasteiger partial charge in [0.25, 0.3) is 5.91 Å². The molecule has 0 bridgehead atoms. The van der Waals surface area contributed by atoms with E-state index in [2.05, 4.69) is 25.5 Å². The largest absolute Gasteiger partial charge is 0.478 e. The van der Waals surface area contributed by atoms with Gasteiger partial charge >= 0.3 is 12.0 Å². The van der Waals surface area contributed by atoms with Crippen LogP contribution in [0, 0.1) is 0 Å². The van der Waals surface area contributed by atoms with Gasteiger partial charge < -0.3 is 30.2 Å². The Morgan fingerprint density at radius 2 is 2.03 bits per heavy atom. The van der Waals surface area contributed by atoms with Crippen LogP contribution < -0.4 is 10.6 Å². The Morgan fingerprint density at radius 1 is 1.30 bits per heavy atom. The van der Waals surface area contributed by atoms with E-state index in [1.807, 2.05) is 0 Å². The number of imide groups is 1. The Kier molecular flexibility index (Phi) is 6.79. The summed E-state index contributed by atoms with van der Waals surface area (Å²) in [4.78, 5) is 47.6. The van der Waals surface area contributed by atoms with Crippen LogP contribution >= 0.6 is 0 Å². The van der Waals surface area contributed by atoms with E-state index in [4.69, 9.17) is 5.11 Å². The van der Waals surface area contributed by atoms with Crippen LogP contribution in [0.3, 0.4) is 0 Å². The molecule has 4 rings (SSSR count). The number of fused-ring (bicyclic) bond motifs is 1. The molecule has 2 saturated heterocycles.